The van der Waals surface area contributed by atoms with Gasteiger partial charge in [-0.3, -0.25) is 9.59 Å². The number of ketones is 1. The molecule has 118 valence electrons. The van der Waals surface area contributed by atoms with Gasteiger partial charge < -0.3 is 20.0 Å². The summed E-state index contributed by atoms with van der Waals surface area (Å²) in [4.78, 5) is 27.2. The van der Waals surface area contributed by atoms with Crippen LogP contribution in [0.5, 0.6) is 0 Å². The predicted octanol–water partition coefficient (Wildman–Crippen LogP) is 1.03. The number of nitrogens with zero attached hydrogens (tertiary/aromatic N) is 2. The van der Waals surface area contributed by atoms with Crippen molar-refractivity contribution in [3.05, 3.63) is 41.2 Å². The maximum Gasteiger partial charge on any atom is 0.290 e. The molecular formula is C16H20N2O4. The number of carbonyl (C=O) groups is 2. The molecule has 0 radical (unpaired) electrons. The Morgan fingerprint density at radius 1 is 1.27 bits per heavy atom. The Morgan fingerprint density at radius 3 is 2.32 bits per heavy atom. The minimum atomic E-state index is -0.659. The predicted molar refractivity (Wildman–Crippen MR) is 82.6 cm³/mol. The summed E-state index contributed by atoms with van der Waals surface area (Å²) in [6, 6.07) is 6.74. The average molecular weight is 304 g/mol. The lowest BCUT2D eigenvalue weighted by atomic mass is 9.96. The first kappa shape index (κ1) is 16.0. The fourth-order valence-electron chi connectivity index (χ4n) is 2.65. The van der Waals surface area contributed by atoms with Gasteiger partial charge in [0.2, 0.25) is 0 Å². The molecule has 1 heterocycles. The number of anilines is 1. The van der Waals surface area contributed by atoms with Gasteiger partial charge in [-0.25, -0.2) is 0 Å². The first-order valence-electron chi connectivity index (χ1n) is 7.01. The number of β-amino-alcohol motifs (C(OH)–C–C–N with tert-alkyl or cyclic N) is 1. The van der Waals surface area contributed by atoms with Gasteiger partial charge in [-0.1, -0.05) is 12.1 Å². The zero-order valence-corrected chi connectivity index (χ0v) is 12.9. The van der Waals surface area contributed by atoms with E-state index in [1.165, 1.54) is 11.8 Å². The lowest BCUT2D eigenvalue weighted by molar-refractivity contribution is -0.129. The highest BCUT2D eigenvalue weighted by atomic mass is 16.3. The molecule has 6 nitrogen and oxygen atoms in total. The minimum absolute atomic E-state index is 0.0553. The van der Waals surface area contributed by atoms with Crippen molar-refractivity contribution >= 4 is 17.4 Å². The summed E-state index contributed by atoms with van der Waals surface area (Å²) >= 11 is 0. The molecule has 2 rings (SSSR count). The van der Waals surface area contributed by atoms with Crippen LogP contribution in [0, 0.1) is 0 Å². The van der Waals surface area contributed by atoms with Crippen LogP contribution in [0.15, 0.2) is 35.6 Å². The van der Waals surface area contributed by atoms with Crippen LogP contribution in [0.1, 0.15) is 18.5 Å². The van der Waals surface area contributed by atoms with Gasteiger partial charge in [-0.15, -0.1) is 0 Å². The van der Waals surface area contributed by atoms with Crippen LogP contribution in [-0.2, 0) is 9.59 Å². The average Bonchev–Trinajstić information content (AvgIpc) is 2.72. The van der Waals surface area contributed by atoms with Gasteiger partial charge >= 0.3 is 0 Å². The second kappa shape index (κ2) is 6.19. The zero-order valence-electron chi connectivity index (χ0n) is 12.9. The van der Waals surface area contributed by atoms with Gasteiger partial charge in [-0.05, 0) is 24.6 Å². The van der Waals surface area contributed by atoms with Gasteiger partial charge in [0, 0.05) is 26.3 Å². The molecule has 0 saturated heterocycles. The highest BCUT2D eigenvalue weighted by Gasteiger charge is 2.41. The van der Waals surface area contributed by atoms with Crippen LogP contribution in [0.2, 0.25) is 0 Å². The molecule has 0 bridgehead atoms. The third kappa shape index (κ3) is 2.69. The number of rotatable bonds is 5. The van der Waals surface area contributed by atoms with Crippen molar-refractivity contribution in [3.8, 4) is 0 Å². The zero-order chi connectivity index (χ0) is 16.4. The lowest BCUT2D eigenvalue weighted by Gasteiger charge is -2.26. The molecule has 1 aliphatic heterocycles. The van der Waals surface area contributed by atoms with Crippen molar-refractivity contribution in [1.82, 2.24) is 4.90 Å². The topological polar surface area (TPSA) is 81.1 Å². The Bertz CT molecular complexity index is 620. The van der Waals surface area contributed by atoms with Crippen LogP contribution < -0.4 is 4.90 Å². The van der Waals surface area contributed by atoms with Crippen molar-refractivity contribution in [1.29, 1.82) is 0 Å². The monoisotopic (exact) mass is 304 g/mol. The molecule has 0 unspecified atom stereocenters. The van der Waals surface area contributed by atoms with Crippen LogP contribution in [0.3, 0.4) is 0 Å². The number of carbonyl (C=O) groups excluding carboxylic acids is 2. The number of amides is 1. The van der Waals surface area contributed by atoms with E-state index in [2.05, 4.69) is 0 Å². The Balaban J connectivity index is 2.47. The summed E-state index contributed by atoms with van der Waals surface area (Å²) in [5.74, 6) is -1.50. The fraction of sp³-hybridized carbons (Fsp3) is 0.375. The Morgan fingerprint density at radius 2 is 1.86 bits per heavy atom. The molecular weight excluding hydrogens is 284 g/mol. The van der Waals surface area contributed by atoms with Gasteiger partial charge in [-0.2, -0.15) is 0 Å². The Hall–Kier alpha value is -2.34. The summed E-state index contributed by atoms with van der Waals surface area (Å²) < 4.78 is 0. The lowest BCUT2D eigenvalue weighted by Crippen LogP contribution is -2.33. The molecule has 1 aromatic carbocycles. The molecule has 1 aromatic rings. The largest absolute Gasteiger partial charge is 0.503 e. The van der Waals surface area contributed by atoms with E-state index in [-0.39, 0.29) is 24.5 Å². The van der Waals surface area contributed by atoms with Crippen LogP contribution in [-0.4, -0.2) is 54.1 Å². The third-order valence-corrected chi connectivity index (χ3v) is 3.75. The number of Topliss-reactive ketones (excluding diaryl/α,β-unsaturated/α-hetero) is 1. The van der Waals surface area contributed by atoms with E-state index in [0.29, 0.717) is 0 Å². The molecule has 0 aliphatic carbocycles. The molecule has 0 spiro atoms. The van der Waals surface area contributed by atoms with E-state index in [9.17, 15) is 14.7 Å². The van der Waals surface area contributed by atoms with Crippen molar-refractivity contribution in [2.45, 2.75) is 13.0 Å². The maximum absolute atomic E-state index is 12.1. The third-order valence-electron chi connectivity index (χ3n) is 3.75. The molecule has 1 amide bonds. The summed E-state index contributed by atoms with van der Waals surface area (Å²) in [5, 5.41) is 19.1. The van der Waals surface area contributed by atoms with E-state index in [4.69, 9.17) is 5.11 Å². The summed E-state index contributed by atoms with van der Waals surface area (Å²) in [5.41, 5.74) is 1.79. The van der Waals surface area contributed by atoms with E-state index in [0.717, 1.165) is 11.3 Å². The molecule has 1 aliphatic rings. The number of hydrogen-bond donors (Lipinski definition) is 2. The van der Waals surface area contributed by atoms with Gasteiger partial charge in [0.1, 0.15) is 0 Å². The number of benzene rings is 1. The van der Waals surface area contributed by atoms with E-state index < -0.39 is 17.7 Å². The molecule has 22 heavy (non-hydrogen) atoms. The first-order chi connectivity index (χ1) is 10.4. The smallest absolute Gasteiger partial charge is 0.290 e. The summed E-state index contributed by atoms with van der Waals surface area (Å²) in [7, 11) is 3.83. The summed E-state index contributed by atoms with van der Waals surface area (Å²) in [6.45, 7) is 1.14. The maximum atomic E-state index is 12.1. The standard InChI is InChI=1S/C16H20N2O4/c1-10(20)13-14(18(8-9-19)16(22)15(13)21)11-4-6-12(7-5-11)17(2)3/h4-7,14,19,21H,8-9H2,1-3H3/t14-/m0/s1. The molecule has 0 fully saturated rings. The molecule has 0 saturated carbocycles. The summed E-state index contributed by atoms with van der Waals surface area (Å²) in [6.07, 6.45) is 0. The molecule has 1 atom stereocenters. The number of aliphatic hydroxyl groups excluding tert-OH is 2. The van der Waals surface area contributed by atoms with E-state index in [1.807, 2.05) is 43.3 Å². The number of hydrogen-bond acceptors (Lipinski definition) is 5. The second-order valence-electron chi connectivity index (χ2n) is 5.43. The van der Waals surface area contributed by atoms with Gasteiger partial charge in [0.25, 0.3) is 5.91 Å². The molecule has 2 N–H and O–H groups in total. The molecule has 6 heteroatoms. The Kier molecular flexibility index (Phi) is 4.51. The van der Waals surface area contributed by atoms with Crippen LogP contribution >= 0.6 is 0 Å². The van der Waals surface area contributed by atoms with Crippen molar-refractivity contribution in [2.24, 2.45) is 0 Å². The number of aliphatic hydroxyl groups is 2. The van der Waals surface area contributed by atoms with E-state index >= 15 is 0 Å². The van der Waals surface area contributed by atoms with Crippen LogP contribution in [0.25, 0.3) is 0 Å². The van der Waals surface area contributed by atoms with E-state index in [1.54, 1.807) is 0 Å². The van der Waals surface area contributed by atoms with Gasteiger partial charge in [0.05, 0.1) is 18.2 Å². The molecule has 0 aromatic heterocycles. The van der Waals surface area contributed by atoms with Crippen molar-refractivity contribution in [3.63, 3.8) is 0 Å². The SMILES string of the molecule is CC(=O)C1=C(O)C(=O)N(CCO)[C@H]1c1ccc(N(C)C)cc1. The highest BCUT2D eigenvalue weighted by molar-refractivity contribution is 6.08. The fourth-order valence-corrected chi connectivity index (χ4v) is 2.65. The highest BCUT2D eigenvalue weighted by Crippen LogP contribution is 2.37. The minimum Gasteiger partial charge on any atom is -0.503 e. The quantitative estimate of drug-likeness (QED) is 0.849. The van der Waals surface area contributed by atoms with Crippen molar-refractivity contribution < 1.29 is 19.8 Å². The van der Waals surface area contributed by atoms with Gasteiger partial charge in [0.15, 0.2) is 11.5 Å². The first-order valence-corrected chi connectivity index (χ1v) is 7.01. The second-order valence-corrected chi connectivity index (χ2v) is 5.43. The van der Waals surface area contributed by atoms with Crippen LogP contribution in [0.4, 0.5) is 5.69 Å². The normalized spacial score (nSPS) is 18.1. The Labute approximate surface area is 129 Å². The van der Waals surface area contributed by atoms with Crippen molar-refractivity contribution in [2.75, 3.05) is 32.1 Å².